The number of hydrogen-bond donors (Lipinski definition) is 2. The molecule has 3 rings (SSSR count). The zero-order valence-electron chi connectivity index (χ0n) is 11.9. The summed E-state index contributed by atoms with van der Waals surface area (Å²) in [6.45, 7) is 3.99. The van der Waals surface area contributed by atoms with E-state index >= 15 is 0 Å². The first-order valence-corrected chi connectivity index (χ1v) is 6.79. The first-order valence-electron chi connectivity index (χ1n) is 6.79. The molecule has 0 saturated heterocycles. The number of rotatable bonds is 3. The van der Waals surface area contributed by atoms with Crippen LogP contribution in [0.15, 0.2) is 35.3 Å². The highest BCUT2D eigenvalue weighted by Crippen LogP contribution is 2.15. The normalized spacial score (nSPS) is 11.4. The molecular formula is C15H16N4O2. The molecule has 21 heavy (non-hydrogen) atoms. The van der Waals surface area contributed by atoms with Gasteiger partial charge in [0.2, 0.25) is 0 Å². The third-order valence-electron chi connectivity index (χ3n) is 3.31. The summed E-state index contributed by atoms with van der Waals surface area (Å²) < 4.78 is 1.74. The Balaban J connectivity index is 2.05. The van der Waals surface area contributed by atoms with Crippen molar-refractivity contribution in [2.45, 2.75) is 26.3 Å². The molecule has 0 aliphatic heterocycles. The Bertz CT molecular complexity index is 831. The fraction of sp³-hybridized carbons (Fsp3) is 0.267. The summed E-state index contributed by atoms with van der Waals surface area (Å²) in [6.07, 6.45) is 2.04. The maximum Gasteiger partial charge on any atom is 0.262 e. The van der Waals surface area contributed by atoms with Crippen molar-refractivity contribution >= 4 is 11.0 Å². The Kier molecular flexibility index (Phi) is 3.21. The van der Waals surface area contributed by atoms with Crippen molar-refractivity contribution in [1.29, 1.82) is 0 Å². The zero-order valence-corrected chi connectivity index (χ0v) is 11.9. The maximum atomic E-state index is 12.1. The second-order valence-corrected chi connectivity index (χ2v) is 5.28. The van der Waals surface area contributed by atoms with Gasteiger partial charge in [0.1, 0.15) is 17.0 Å². The largest absolute Gasteiger partial charge is 0.508 e. The van der Waals surface area contributed by atoms with Crippen LogP contribution < -0.4 is 5.56 Å². The van der Waals surface area contributed by atoms with Crippen molar-refractivity contribution in [2.24, 2.45) is 0 Å². The monoisotopic (exact) mass is 284 g/mol. The number of nitrogens with zero attached hydrogens (tertiary/aromatic N) is 3. The van der Waals surface area contributed by atoms with Crippen molar-refractivity contribution < 1.29 is 5.11 Å². The number of fused-ring (bicyclic) bond motifs is 1. The third kappa shape index (κ3) is 2.52. The average molecular weight is 284 g/mol. The van der Waals surface area contributed by atoms with Crippen molar-refractivity contribution in [3.63, 3.8) is 0 Å². The maximum absolute atomic E-state index is 12.1. The molecule has 6 nitrogen and oxygen atoms in total. The van der Waals surface area contributed by atoms with E-state index in [4.69, 9.17) is 0 Å². The lowest BCUT2D eigenvalue weighted by Gasteiger charge is -2.07. The minimum absolute atomic E-state index is 0.137. The van der Waals surface area contributed by atoms with Gasteiger partial charge in [-0.05, 0) is 31.5 Å². The molecule has 0 aliphatic carbocycles. The van der Waals surface area contributed by atoms with E-state index in [0.29, 0.717) is 23.3 Å². The molecule has 2 aromatic heterocycles. The third-order valence-corrected chi connectivity index (χ3v) is 3.31. The summed E-state index contributed by atoms with van der Waals surface area (Å²) in [6, 6.07) is 6.98. The highest BCUT2D eigenvalue weighted by atomic mass is 16.3. The van der Waals surface area contributed by atoms with Crippen LogP contribution in [0.4, 0.5) is 0 Å². The van der Waals surface area contributed by atoms with Crippen LogP contribution in [-0.4, -0.2) is 24.9 Å². The van der Waals surface area contributed by atoms with E-state index < -0.39 is 0 Å². The summed E-state index contributed by atoms with van der Waals surface area (Å²) in [5.41, 5.74) is 1.38. The highest BCUT2D eigenvalue weighted by molar-refractivity contribution is 5.73. The molecule has 0 spiro atoms. The molecule has 0 unspecified atom stereocenters. The lowest BCUT2D eigenvalue weighted by atomic mass is 10.1. The SMILES string of the molecule is CC(C)n1ncc2c(=O)[nH]c(Cc3ccc(O)cc3)nc21. The van der Waals surface area contributed by atoms with Crippen LogP contribution in [0.25, 0.3) is 11.0 Å². The van der Waals surface area contributed by atoms with Gasteiger partial charge in [-0.3, -0.25) is 4.79 Å². The van der Waals surface area contributed by atoms with Gasteiger partial charge >= 0.3 is 0 Å². The highest BCUT2D eigenvalue weighted by Gasteiger charge is 2.12. The molecule has 3 aromatic rings. The number of aromatic nitrogens is 4. The first-order chi connectivity index (χ1) is 10.0. The van der Waals surface area contributed by atoms with Gasteiger partial charge in [-0.2, -0.15) is 5.10 Å². The topological polar surface area (TPSA) is 83.8 Å². The fourth-order valence-electron chi connectivity index (χ4n) is 2.25. The van der Waals surface area contributed by atoms with Crippen LogP contribution in [0, 0.1) is 0 Å². The predicted octanol–water partition coefficient (Wildman–Crippen LogP) is 2.00. The van der Waals surface area contributed by atoms with Crippen LogP contribution in [0.2, 0.25) is 0 Å². The molecule has 2 N–H and O–H groups in total. The van der Waals surface area contributed by atoms with E-state index in [1.807, 2.05) is 13.8 Å². The van der Waals surface area contributed by atoms with Gasteiger partial charge in [-0.25, -0.2) is 9.67 Å². The van der Waals surface area contributed by atoms with Crippen LogP contribution in [0.3, 0.4) is 0 Å². The smallest absolute Gasteiger partial charge is 0.262 e. The number of aromatic hydroxyl groups is 1. The molecule has 0 radical (unpaired) electrons. The summed E-state index contributed by atoms with van der Waals surface area (Å²) in [4.78, 5) is 19.4. The van der Waals surface area contributed by atoms with E-state index in [0.717, 1.165) is 5.56 Å². The Morgan fingerprint density at radius 2 is 2.00 bits per heavy atom. The molecule has 1 aromatic carbocycles. The first kappa shape index (κ1) is 13.4. The minimum atomic E-state index is -0.180. The number of phenols is 1. The van der Waals surface area contributed by atoms with Gasteiger partial charge in [0.05, 0.1) is 6.20 Å². The molecular weight excluding hydrogens is 268 g/mol. The number of H-pyrrole nitrogens is 1. The van der Waals surface area contributed by atoms with E-state index in [1.165, 1.54) is 0 Å². The van der Waals surface area contributed by atoms with E-state index in [-0.39, 0.29) is 17.4 Å². The summed E-state index contributed by atoms with van der Waals surface area (Å²) in [5, 5.41) is 14.0. The van der Waals surface area contributed by atoms with Crippen LogP contribution >= 0.6 is 0 Å². The Labute approximate surface area is 121 Å². The molecule has 0 atom stereocenters. The van der Waals surface area contributed by atoms with E-state index in [2.05, 4.69) is 15.1 Å². The summed E-state index contributed by atoms with van der Waals surface area (Å²) in [5.74, 6) is 0.800. The molecule has 0 bridgehead atoms. The molecule has 0 aliphatic rings. The van der Waals surface area contributed by atoms with Gasteiger partial charge in [0.25, 0.3) is 5.56 Å². The average Bonchev–Trinajstić information content (AvgIpc) is 2.86. The quantitative estimate of drug-likeness (QED) is 0.770. The summed E-state index contributed by atoms with van der Waals surface area (Å²) in [7, 11) is 0. The molecule has 6 heteroatoms. The molecule has 2 heterocycles. The van der Waals surface area contributed by atoms with Crippen molar-refractivity contribution in [1.82, 2.24) is 19.7 Å². The zero-order chi connectivity index (χ0) is 15.0. The van der Waals surface area contributed by atoms with Gasteiger partial charge in [-0.15, -0.1) is 0 Å². The second kappa shape index (κ2) is 5.05. The molecule has 0 fully saturated rings. The Morgan fingerprint density at radius 3 is 2.67 bits per heavy atom. The standard InChI is InChI=1S/C15H16N4O2/c1-9(2)19-14-12(8-16-19)15(21)18-13(17-14)7-10-3-5-11(20)6-4-10/h3-6,8-9,20H,7H2,1-2H3,(H,17,18,21). The van der Waals surface area contributed by atoms with Gasteiger partial charge in [0, 0.05) is 12.5 Å². The van der Waals surface area contributed by atoms with E-state index in [9.17, 15) is 9.90 Å². The van der Waals surface area contributed by atoms with Crippen LogP contribution in [0.1, 0.15) is 31.3 Å². The predicted molar refractivity (Wildman–Crippen MR) is 79.4 cm³/mol. The minimum Gasteiger partial charge on any atom is -0.508 e. The molecule has 108 valence electrons. The fourth-order valence-corrected chi connectivity index (χ4v) is 2.25. The number of aromatic amines is 1. The van der Waals surface area contributed by atoms with Gasteiger partial charge in [-0.1, -0.05) is 12.1 Å². The number of phenolic OH excluding ortho intramolecular Hbond substituents is 1. The van der Waals surface area contributed by atoms with Crippen molar-refractivity contribution in [3.05, 3.63) is 52.2 Å². The molecule has 0 amide bonds. The van der Waals surface area contributed by atoms with Gasteiger partial charge < -0.3 is 10.1 Å². The second-order valence-electron chi connectivity index (χ2n) is 5.28. The Hall–Kier alpha value is -2.63. The van der Waals surface area contributed by atoms with E-state index in [1.54, 1.807) is 35.1 Å². The lowest BCUT2D eigenvalue weighted by molar-refractivity contribution is 0.475. The van der Waals surface area contributed by atoms with Crippen molar-refractivity contribution in [3.8, 4) is 5.75 Å². The van der Waals surface area contributed by atoms with Crippen molar-refractivity contribution in [2.75, 3.05) is 0 Å². The molecule has 0 saturated carbocycles. The number of nitrogens with one attached hydrogen (secondary N) is 1. The van der Waals surface area contributed by atoms with Crippen LogP contribution in [0.5, 0.6) is 5.75 Å². The van der Waals surface area contributed by atoms with Crippen LogP contribution in [-0.2, 0) is 6.42 Å². The summed E-state index contributed by atoms with van der Waals surface area (Å²) >= 11 is 0. The number of hydrogen-bond acceptors (Lipinski definition) is 4. The lowest BCUT2D eigenvalue weighted by Crippen LogP contribution is -2.13. The van der Waals surface area contributed by atoms with Gasteiger partial charge in [0.15, 0.2) is 5.65 Å². The number of benzene rings is 1. The Morgan fingerprint density at radius 1 is 1.29 bits per heavy atom.